The number of amides is 1. The van der Waals surface area contributed by atoms with Crippen molar-refractivity contribution in [3.8, 4) is 16.9 Å². The summed E-state index contributed by atoms with van der Waals surface area (Å²) in [5.74, 6) is -0.841. The number of hydrogen-bond donors (Lipinski definition) is 2. The molecule has 170 valence electrons. The number of nitrogens with zero attached hydrogens (tertiary/aromatic N) is 1. The predicted octanol–water partition coefficient (Wildman–Crippen LogP) is 3.47. The van der Waals surface area contributed by atoms with Crippen LogP contribution in [0.2, 0.25) is 0 Å². The molecule has 32 heavy (non-hydrogen) atoms. The van der Waals surface area contributed by atoms with E-state index in [-0.39, 0.29) is 18.7 Å². The molecule has 6 nitrogen and oxygen atoms in total. The summed E-state index contributed by atoms with van der Waals surface area (Å²) < 4.78 is 27.1. The molecule has 1 spiro atoms. The number of rotatable bonds is 5. The number of carbonyl (C=O) groups excluding carboxylic acids is 1. The number of fused-ring (bicyclic) bond motifs is 1. The fourth-order valence-electron chi connectivity index (χ4n) is 4.78. The summed E-state index contributed by atoms with van der Waals surface area (Å²) >= 11 is 0. The van der Waals surface area contributed by atoms with Crippen LogP contribution in [0.1, 0.15) is 48.0 Å². The summed E-state index contributed by atoms with van der Waals surface area (Å²) in [6.45, 7) is 2.39. The Morgan fingerprint density at radius 2 is 1.91 bits per heavy atom. The highest BCUT2D eigenvalue weighted by molar-refractivity contribution is 5.95. The third-order valence-electron chi connectivity index (χ3n) is 6.94. The molecule has 0 atom stereocenters. The Morgan fingerprint density at radius 1 is 1.16 bits per heavy atom. The molecule has 1 amide bonds. The Labute approximate surface area is 187 Å². The maximum absolute atomic E-state index is 14.5. The van der Waals surface area contributed by atoms with E-state index in [1.165, 1.54) is 31.4 Å². The van der Waals surface area contributed by atoms with Gasteiger partial charge in [0.2, 0.25) is 5.79 Å². The maximum Gasteiger partial charge on any atom is 0.254 e. The van der Waals surface area contributed by atoms with Gasteiger partial charge in [-0.1, -0.05) is 18.6 Å². The zero-order valence-corrected chi connectivity index (χ0v) is 18.1. The first kappa shape index (κ1) is 21.4. The number of aliphatic hydroxyl groups excluding tert-OH is 1. The second-order valence-electron chi connectivity index (χ2n) is 8.92. The minimum atomic E-state index is -0.597. The van der Waals surface area contributed by atoms with E-state index in [2.05, 4.69) is 10.2 Å². The maximum atomic E-state index is 14.5. The topological polar surface area (TPSA) is 71.0 Å². The van der Waals surface area contributed by atoms with Crippen LogP contribution in [-0.2, 0) is 11.3 Å². The summed E-state index contributed by atoms with van der Waals surface area (Å²) in [6.07, 6.45) is 5.72. The molecule has 2 N–H and O–H groups in total. The number of nitrogens with one attached hydrogen (secondary N) is 1. The first-order valence-electron chi connectivity index (χ1n) is 11.5. The van der Waals surface area contributed by atoms with Crippen molar-refractivity contribution >= 4 is 5.91 Å². The van der Waals surface area contributed by atoms with Gasteiger partial charge in [0.25, 0.3) is 5.91 Å². The van der Waals surface area contributed by atoms with Crippen molar-refractivity contribution < 1.29 is 23.8 Å². The van der Waals surface area contributed by atoms with Crippen molar-refractivity contribution in [1.82, 2.24) is 10.2 Å². The Kier molecular flexibility index (Phi) is 5.88. The number of hydrogen-bond acceptors (Lipinski definition) is 5. The zero-order valence-electron chi connectivity index (χ0n) is 18.1. The van der Waals surface area contributed by atoms with Crippen LogP contribution in [0, 0.1) is 5.82 Å². The van der Waals surface area contributed by atoms with Gasteiger partial charge in [0, 0.05) is 44.1 Å². The highest BCUT2D eigenvalue weighted by Crippen LogP contribution is 2.40. The normalized spacial score (nSPS) is 20.3. The van der Waals surface area contributed by atoms with E-state index in [1.807, 2.05) is 18.2 Å². The van der Waals surface area contributed by atoms with Gasteiger partial charge < -0.3 is 19.9 Å². The molecule has 1 saturated carbocycles. The largest absolute Gasteiger partial charge is 0.462 e. The van der Waals surface area contributed by atoms with Gasteiger partial charge >= 0.3 is 0 Å². The van der Waals surface area contributed by atoms with Crippen LogP contribution in [0.3, 0.4) is 0 Å². The molecule has 1 aliphatic carbocycles. The van der Waals surface area contributed by atoms with Gasteiger partial charge in [0.15, 0.2) is 0 Å². The van der Waals surface area contributed by atoms with E-state index in [0.717, 1.165) is 48.8 Å². The second-order valence-corrected chi connectivity index (χ2v) is 8.92. The smallest absolute Gasteiger partial charge is 0.254 e. The lowest BCUT2D eigenvalue weighted by Crippen LogP contribution is -2.54. The summed E-state index contributed by atoms with van der Waals surface area (Å²) in [4.78, 5) is 14.6. The molecule has 0 aromatic heterocycles. The number of aliphatic hydroxyl groups is 1. The lowest BCUT2D eigenvalue weighted by atomic mass is 9.89. The van der Waals surface area contributed by atoms with E-state index in [1.54, 1.807) is 6.07 Å². The molecule has 0 unspecified atom stereocenters. The van der Waals surface area contributed by atoms with Crippen LogP contribution >= 0.6 is 0 Å². The van der Waals surface area contributed by atoms with E-state index in [9.17, 15) is 9.18 Å². The summed E-state index contributed by atoms with van der Waals surface area (Å²) in [5, 5.41) is 11.3. The average Bonchev–Trinajstić information content (AvgIpc) is 2.77. The molecular weight excluding hydrogens is 411 g/mol. The van der Waals surface area contributed by atoms with Gasteiger partial charge in [-0.2, -0.15) is 0 Å². The first-order chi connectivity index (χ1) is 15.6. The molecule has 7 heteroatoms. The number of ether oxygens (including phenoxy) is 2. The van der Waals surface area contributed by atoms with Crippen molar-refractivity contribution in [2.45, 2.75) is 50.5 Å². The van der Waals surface area contributed by atoms with Crippen LogP contribution in [0.4, 0.5) is 4.39 Å². The highest BCUT2D eigenvalue weighted by atomic mass is 19.1. The monoisotopic (exact) mass is 440 g/mol. The fraction of sp³-hybridized carbons (Fsp3) is 0.480. The van der Waals surface area contributed by atoms with Crippen LogP contribution in [0.15, 0.2) is 36.4 Å². The van der Waals surface area contributed by atoms with Crippen molar-refractivity contribution in [1.29, 1.82) is 0 Å². The Balaban J connectivity index is 1.28. The predicted molar refractivity (Wildman–Crippen MR) is 118 cm³/mol. The molecule has 5 rings (SSSR count). The summed E-state index contributed by atoms with van der Waals surface area (Å²) in [5.41, 5.74) is 2.42. The molecular formula is C25H29FN2O4. The van der Waals surface area contributed by atoms with Gasteiger partial charge in [-0.3, -0.25) is 9.69 Å². The lowest BCUT2D eigenvalue weighted by Gasteiger charge is -2.47. The standard InChI is InChI=1S/C25H29FN2O4/c26-22-15-18(4-6-21(22)24(30)27-10-13-29)17-5-7-23-19(14-17)16-31-25(32-23)8-11-28(12-9-25)20-2-1-3-20/h4-7,14-15,20,29H,1-3,8-13,16H2,(H,27,30). The summed E-state index contributed by atoms with van der Waals surface area (Å²) in [7, 11) is 0. The minimum Gasteiger partial charge on any atom is -0.462 e. The molecule has 2 aromatic carbocycles. The van der Waals surface area contributed by atoms with E-state index < -0.39 is 17.5 Å². The Bertz CT molecular complexity index is 999. The Hall–Kier alpha value is -2.48. The van der Waals surface area contributed by atoms with Crippen LogP contribution in [0.5, 0.6) is 5.75 Å². The fourth-order valence-corrected chi connectivity index (χ4v) is 4.78. The number of carbonyl (C=O) groups is 1. The quantitative estimate of drug-likeness (QED) is 0.745. The van der Waals surface area contributed by atoms with Crippen molar-refractivity contribution in [2.75, 3.05) is 26.2 Å². The number of benzene rings is 2. The summed E-state index contributed by atoms with van der Waals surface area (Å²) in [6, 6.07) is 11.1. The third kappa shape index (κ3) is 4.12. The van der Waals surface area contributed by atoms with E-state index in [4.69, 9.17) is 14.6 Å². The van der Waals surface area contributed by atoms with E-state index in [0.29, 0.717) is 12.2 Å². The van der Waals surface area contributed by atoms with Gasteiger partial charge in [-0.05, 0) is 48.2 Å². The molecule has 2 aliphatic heterocycles. The van der Waals surface area contributed by atoms with Gasteiger partial charge in [0.1, 0.15) is 11.6 Å². The molecule has 2 aromatic rings. The van der Waals surface area contributed by atoms with Crippen LogP contribution in [0.25, 0.3) is 11.1 Å². The van der Waals surface area contributed by atoms with Crippen molar-refractivity contribution in [2.24, 2.45) is 0 Å². The molecule has 1 saturated heterocycles. The number of likely N-dealkylation sites (tertiary alicyclic amines) is 1. The number of halogens is 1. The van der Waals surface area contributed by atoms with E-state index >= 15 is 0 Å². The van der Waals surface area contributed by atoms with Crippen LogP contribution in [-0.4, -0.2) is 54.0 Å². The molecule has 2 heterocycles. The van der Waals surface area contributed by atoms with Crippen LogP contribution < -0.4 is 10.1 Å². The molecule has 3 aliphatic rings. The SMILES string of the molecule is O=C(NCCO)c1ccc(-c2ccc3c(c2)COC2(CCN(C4CCC4)CC2)O3)cc1F. The lowest BCUT2D eigenvalue weighted by molar-refractivity contribution is -0.231. The van der Waals surface area contributed by atoms with Gasteiger partial charge in [-0.15, -0.1) is 0 Å². The molecule has 0 radical (unpaired) electrons. The van der Waals surface area contributed by atoms with Gasteiger partial charge in [-0.25, -0.2) is 4.39 Å². The first-order valence-corrected chi connectivity index (χ1v) is 11.5. The molecule has 2 fully saturated rings. The Morgan fingerprint density at radius 3 is 2.59 bits per heavy atom. The van der Waals surface area contributed by atoms with Crippen molar-refractivity contribution in [3.63, 3.8) is 0 Å². The number of piperidine rings is 1. The highest BCUT2D eigenvalue weighted by Gasteiger charge is 2.42. The van der Waals surface area contributed by atoms with Crippen molar-refractivity contribution in [3.05, 3.63) is 53.3 Å². The second kappa shape index (κ2) is 8.81. The molecule has 0 bridgehead atoms. The third-order valence-corrected chi connectivity index (χ3v) is 6.94. The minimum absolute atomic E-state index is 0.0398. The zero-order chi connectivity index (χ0) is 22.1. The van der Waals surface area contributed by atoms with Gasteiger partial charge in [0.05, 0.1) is 18.8 Å². The average molecular weight is 441 g/mol.